The first-order valence-corrected chi connectivity index (χ1v) is 12.5. The van der Waals surface area contributed by atoms with Gasteiger partial charge in [0.2, 0.25) is 17.7 Å². The molecule has 0 aliphatic carbocycles. The Morgan fingerprint density at radius 1 is 0.838 bits per heavy atom. The van der Waals surface area contributed by atoms with E-state index in [1.165, 1.54) is 0 Å². The zero-order chi connectivity index (χ0) is 27.8. The highest BCUT2D eigenvalue weighted by Gasteiger charge is 2.26. The lowest BCUT2D eigenvalue weighted by molar-refractivity contribution is -0.129. The van der Waals surface area contributed by atoms with Crippen molar-refractivity contribution in [3.8, 4) is 0 Å². The standard InChI is InChI=1S/C28H40N4O5/c1-18(25(35)29-17-20-13-10-12-19-11-8-9-14-22(19)20)30-23(33)15-21(16-24(34)32-27(2,3)4)31-26(36)37-28(5,6)7/h8-14,18,21H,15-17H2,1-7H3,(H,29,35)(H,30,33)(H,31,36)(H,32,34)/t18-,21+/m0/s1. The summed E-state index contributed by atoms with van der Waals surface area (Å²) < 4.78 is 5.28. The summed E-state index contributed by atoms with van der Waals surface area (Å²) in [5.41, 5.74) is -0.232. The molecule has 0 aromatic heterocycles. The van der Waals surface area contributed by atoms with Gasteiger partial charge in [-0.3, -0.25) is 14.4 Å². The first-order valence-electron chi connectivity index (χ1n) is 12.5. The van der Waals surface area contributed by atoms with E-state index < -0.39 is 35.2 Å². The molecule has 0 saturated carbocycles. The van der Waals surface area contributed by atoms with E-state index >= 15 is 0 Å². The van der Waals surface area contributed by atoms with Crippen molar-refractivity contribution in [2.75, 3.05) is 0 Å². The second kappa shape index (κ2) is 12.6. The van der Waals surface area contributed by atoms with E-state index in [-0.39, 0.29) is 24.7 Å². The molecule has 0 unspecified atom stereocenters. The van der Waals surface area contributed by atoms with Gasteiger partial charge in [-0.1, -0.05) is 42.5 Å². The number of hydrogen-bond donors (Lipinski definition) is 4. The molecule has 0 fully saturated rings. The number of benzene rings is 2. The fourth-order valence-electron chi connectivity index (χ4n) is 3.71. The molecule has 0 aliphatic heterocycles. The van der Waals surface area contributed by atoms with Gasteiger partial charge < -0.3 is 26.0 Å². The number of nitrogens with one attached hydrogen (secondary N) is 4. The van der Waals surface area contributed by atoms with Crippen molar-refractivity contribution in [1.29, 1.82) is 0 Å². The minimum absolute atomic E-state index is 0.119. The number of ether oxygens (including phenoxy) is 1. The van der Waals surface area contributed by atoms with Crippen molar-refractivity contribution < 1.29 is 23.9 Å². The van der Waals surface area contributed by atoms with Crippen LogP contribution in [0.2, 0.25) is 0 Å². The van der Waals surface area contributed by atoms with Crippen LogP contribution in [0.15, 0.2) is 42.5 Å². The molecule has 0 spiro atoms. The van der Waals surface area contributed by atoms with E-state index in [0.29, 0.717) is 6.54 Å². The van der Waals surface area contributed by atoms with E-state index in [2.05, 4.69) is 21.3 Å². The third-order valence-electron chi connectivity index (χ3n) is 5.20. The summed E-state index contributed by atoms with van der Waals surface area (Å²) in [4.78, 5) is 50.2. The highest BCUT2D eigenvalue weighted by Crippen LogP contribution is 2.18. The zero-order valence-corrected chi connectivity index (χ0v) is 22.9. The fraction of sp³-hybridized carbons (Fsp3) is 0.500. The van der Waals surface area contributed by atoms with Crippen LogP contribution in [-0.2, 0) is 25.7 Å². The van der Waals surface area contributed by atoms with Crippen LogP contribution >= 0.6 is 0 Å². The number of rotatable bonds is 9. The predicted octanol–water partition coefficient (Wildman–Crippen LogP) is 3.55. The molecule has 0 aliphatic rings. The van der Waals surface area contributed by atoms with Gasteiger partial charge in [-0.2, -0.15) is 0 Å². The first-order chi connectivity index (χ1) is 17.1. The number of fused-ring (bicyclic) bond motifs is 1. The Hall–Kier alpha value is -3.62. The van der Waals surface area contributed by atoms with Crippen molar-refractivity contribution in [3.63, 3.8) is 0 Å². The van der Waals surface area contributed by atoms with E-state index in [1.807, 2.05) is 63.2 Å². The summed E-state index contributed by atoms with van der Waals surface area (Å²) in [7, 11) is 0. The van der Waals surface area contributed by atoms with Gasteiger partial charge in [-0.05, 0) is 64.8 Å². The summed E-state index contributed by atoms with van der Waals surface area (Å²) in [5, 5.41) is 13.1. The van der Waals surface area contributed by atoms with Gasteiger partial charge in [-0.25, -0.2) is 4.79 Å². The molecule has 0 saturated heterocycles. The molecule has 4 N–H and O–H groups in total. The fourth-order valence-corrected chi connectivity index (χ4v) is 3.71. The lowest BCUT2D eigenvalue weighted by Crippen LogP contribution is -2.49. The van der Waals surface area contributed by atoms with Crippen molar-refractivity contribution in [2.24, 2.45) is 0 Å². The lowest BCUT2D eigenvalue weighted by Gasteiger charge is -2.25. The number of hydrogen-bond acceptors (Lipinski definition) is 5. The normalized spacial score (nSPS) is 13.3. The van der Waals surface area contributed by atoms with Crippen molar-refractivity contribution in [2.45, 2.75) is 91.1 Å². The summed E-state index contributed by atoms with van der Waals surface area (Å²) in [6.45, 7) is 12.6. The molecular formula is C28H40N4O5. The molecule has 9 nitrogen and oxygen atoms in total. The molecule has 0 bridgehead atoms. The molecule has 0 heterocycles. The Morgan fingerprint density at radius 3 is 2.11 bits per heavy atom. The second-order valence-corrected chi connectivity index (χ2v) is 11.2. The topological polar surface area (TPSA) is 126 Å². The molecule has 202 valence electrons. The lowest BCUT2D eigenvalue weighted by atomic mass is 10.0. The van der Waals surface area contributed by atoms with Gasteiger partial charge >= 0.3 is 6.09 Å². The van der Waals surface area contributed by atoms with Gasteiger partial charge in [0, 0.05) is 31.0 Å². The molecule has 0 radical (unpaired) electrons. The van der Waals surface area contributed by atoms with Crippen LogP contribution in [0, 0.1) is 0 Å². The maximum Gasteiger partial charge on any atom is 0.407 e. The van der Waals surface area contributed by atoms with Crippen LogP contribution in [0.25, 0.3) is 10.8 Å². The Labute approximate surface area is 219 Å². The molecule has 2 aromatic carbocycles. The molecule has 2 atom stereocenters. The molecule has 37 heavy (non-hydrogen) atoms. The van der Waals surface area contributed by atoms with Crippen molar-refractivity contribution >= 4 is 34.6 Å². The minimum atomic E-state index is -0.817. The van der Waals surface area contributed by atoms with Gasteiger partial charge in [-0.15, -0.1) is 0 Å². The van der Waals surface area contributed by atoms with E-state index in [0.717, 1.165) is 16.3 Å². The van der Waals surface area contributed by atoms with Crippen LogP contribution in [0.5, 0.6) is 0 Å². The van der Waals surface area contributed by atoms with E-state index in [1.54, 1.807) is 27.7 Å². The van der Waals surface area contributed by atoms with Crippen molar-refractivity contribution in [1.82, 2.24) is 21.3 Å². The maximum atomic E-state index is 12.7. The Balaban J connectivity index is 1.97. The third kappa shape index (κ3) is 10.9. The zero-order valence-electron chi connectivity index (χ0n) is 22.9. The van der Waals surface area contributed by atoms with Gasteiger partial charge in [0.05, 0.1) is 0 Å². The van der Waals surface area contributed by atoms with Gasteiger partial charge in [0.15, 0.2) is 0 Å². The summed E-state index contributed by atoms with van der Waals surface area (Å²) in [6.07, 6.45) is -1.04. The monoisotopic (exact) mass is 512 g/mol. The van der Waals surface area contributed by atoms with Crippen LogP contribution in [0.1, 0.15) is 66.9 Å². The quantitative estimate of drug-likeness (QED) is 0.409. The minimum Gasteiger partial charge on any atom is -0.444 e. The van der Waals surface area contributed by atoms with Crippen LogP contribution in [0.3, 0.4) is 0 Å². The van der Waals surface area contributed by atoms with E-state index in [4.69, 9.17) is 4.74 Å². The summed E-state index contributed by atoms with van der Waals surface area (Å²) in [6, 6.07) is 12.2. The predicted molar refractivity (Wildman–Crippen MR) is 144 cm³/mol. The molecule has 2 aromatic rings. The van der Waals surface area contributed by atoms with Gasteiger partial charge in [0.25, 0.3) is 0 Å². The smallest absolute Gasteiger partial charge is 0.407 e. The average Bonchev–Trinajstić information content (AvgIpc) is 2.74. The molecule has 2 rings (SSSR count). The van der Waals surface area contributed by atoms with Crippen LogP contribution in [-0.4, -0.2) is 47.0 Å². The average molecular weight is 513 g/mol. The summed E-state index contributed by atoms with van der Waals surface area (Å²) >= 11 is 0. The van der Waals surface area contributed by atoms with Crippen LogP contribution < -0.4 is 21.3 Å². The first kappa shape index (κ1) is 29.6. The largest absolute Gasteiger partial charge is 0.444 e. The third-order valence-corrected chi connectivity index (χ3v) is 5.20. The van der Waals surface area contributed by atoms with E-state index in [9.17, 15) is 19.2 Å². The highest BCUT2D eigenvalue weighted by atomic mass is 16.6. The number of carbonyl (C=O) groups is 4. The molecular weight excluding hydrogens is 472 g/mol. The highest BCUT2D eigenvalue weighted by molar-refractivity contribution is 5.89. The summed E-state index contributed by atoms with van der Waals surface area (Å²) in [5.74, 6) is -1.14. The number of alkyl carbamates (subject to hydrolysis) is 1. The van der Waals surface area contributed by atoms with Gasteiger partial charge in [0.1, 0.15) is 11.6 Å². The second-order valence-electron chi connectivity index (χ2n) is 11.2. The number of amides is 4. The van der Waals surface area contributed by atoms with Crippen LogP contribution in [0.4, 0.5) is 4.79 Å². The molecule has 4 amide bonds. The Morgan fingerprint density at radius 2 is 1.46 bits per heavy atom. The molecule has 9 heteroatoms. The Kier molecular flexibility index (Phi) is 10.1. The maximum absolute atomic E-state index is 12.7. The Bertz CT molecular complexity index is 1080. The SMILES string of the molecule is C[C@H](NC(=O)C[C@H](CC(=O)NC(C)(C)C)NC(=O)OC(C)(C)C)C(=O)NCc1cccc2ccccc12. The number of carbonyl (C=O) groups excluding carboxylic acids is 4. The van der Waals surface area contributed by atoms with Crippen molar-refractivity contribution in [3.05, 3.63) is 48.0 Å².